The van der Waals surface area contributed by atoms with Crippen molar-refractivity contribution in [1.29, 1.82) is 0 Å². The highest BCUT2D eigenvalue weighted by atomic mass is 16.5. The van der Waals surface area contributed by atoms with E-state index in [1.54, 1.807) is 4.90 Å². The fraction of sp³-hybridized carbons (Fsp3) is 0.769. The fourth-order valence-electron chi connectivity index (χ4n) is 2.22. The van der Waals surface area contributed by atoms with Gasteiger partial charge in [-0.15, -0.1) is 10.2 Å². The summed E-state index contributed by atoms with van der Waals surface area (Å²) < 4.78 is 7.62. The molecule has 0 N–H and O–H groups in total. The highest BCUT2D eigenvalue weighted by Crippen LogP contribution is 2.13. The van der Waals surface area contributed by atoms with Gasteiger partial charge in [-0.3, -0.25) is 4.79 Å². The van der Waals surface area contributed by atoms with Crippen molar-refractivity contribution in [3.8, 4) is 0 Å². The lowest BCUT2D eigenvalue weighted by Crippen LogP contribution is -2.43. The summed E-state index contributed by atoms with van der Waals surface area (Å²) >= 11 is 0. The van der Waals surface area contributed by atoms with Crippen LogP contribution in [0.5, 0.6) is 0 Å². The summed E-state index contributed by atoms with van der Waals surface area (Å²) in [5.41, 5.74) is 0. The van der Waals surface area contributed by atoms with E-state index in [2.05, 4.69) is 21.7 Å². The number of amides is 1. The number of rotatable bonds is 5. The van der Waals surface area contributed by atoms with E-state index in [4.69, 9.17) is 4.74 Å². The Morgan fingerprint density at radius 2 is 2.21 bits per heavy atom. The number of carbonyl (C=O) groups is 1. The minimum absolute atomic E-state index is 0.0445. The number of nitrogens with zero attached hydrogens (tertiary/aromatic N) is 4. The van der Waals surface area contributed by atoms with E-state index in [1.807, 2.05) is 13.8 Å². The van der Waals surface area contributed by atoms with Crippen LogP contribution >= 0.6 is 0 Å². The highest BCUT2D eigenvalue weighted by molar-refractivity contribution is 5.80. The first-order valence-corrected chi connectivity index (χ1v) is 6.92. The number of fused-ring (bicyclic) bond motifs is 1. The Kier molecular flexibility index (Phi) is 4.52. The summed E-state index contributed by atoms with van der Waals surface area (Å²) in [6, 6.07) is 0. The van der Waals surface area contributed by atoms with Crippen LogP contribution in [0.4, 0.5) is 0 Å². The molecule has 1 aliphatic rings. The number of carbonyl (C=O) groups excluding carboxylic acids is 1. The van der Waals surface area contributed by atoms with Crippen molar-refractivity contribution in [2.24, 2.45) is 0 Å². The smallest absolute Gasteiger partial charge is 0.251 e. The first-order chi connectivity index (χ1) is 9.13. The molecule has 6 nitrogen and oxygen atoms in total. The van der Waals surface area contributed by atoms with Gasteiger partial charge < -0.3 is 14.2 Å². The molecule has 0 unspecified atom stereocenters. The van der Waals surface area contributed by atoms with Gasteiger partial charge in [0.15, 0.2) is 5.82 Å². The van der Waals surface area contributed by atoms with Crippen LogP contribution in [0, 0.1) is 6.92 Å². The van der Waals surface area contributed by atoms with Crippen molar-refractivity contribution in [2.45, 2.75) is 52.8 Å². The molecule has 0 aromatic carbocycles. The summed E-state index contributed by atoms with van der Waals surface area (Å²) in [6.07, 6.45) is 1.69. The molecule has 0 spiro atoms. The molecule has 106 valence electrons. The van der Waals surface area contributed by atoms with Crippen molar-refractivity contribution in [3.05, 3.63) is 11.6 Å². The molecule has 0 saturated heterocycles. The quantitative estimate of drug-likeness (QED) is 0.750. The van der Waals surface area contributed by atoms with Gasteiger partial charge in [0.25, 0.3) is 5.91 Å². The van der Waals surface area contributed by atoms with Crippen molar-refractivity contribution in [3.63, 3.8) is 0 Å². The summed E-state index contributed by atoms with van der Waals surface area (Å²) in [5, 5.41) is 8.14. The van der Waals surface area contributed by atoms with Crippen LogP contribution in [0.15, 0.2) is 0 Å². The Bertz CT molecular complexity index is 444. The van der Waals surface area contributed by atoms with Crippen molar-refractivity contribution in [2.75, 3.05) is 13.2 Å². The highest BCUT2D eigenvalue weighted by Gasteiger charge is 2.26. The third-order valence-corrected chi connectivity index (χ3v) is 3.46. The number of hydrogen-bond donors (Lipinski definition) is 0. The SMILES string of the molecule is CCCCO[C@H](C)C(=O)N1CCn2c(C)nnc2C1. The van der Waals surface area contributed by atoms with Gasteiger partial charge in [-0.25, -0.2) is 0 Å². The van der Waals surface area contributed by atoms with Crippen molar-refractivity contribution in [1.82, 2.24) is 19.7 Å². The van der Waals surface area contributed by atoms with Crippen molar-refractivity contribution < 1.29 is 9.53 Å². The first-order valence-electron chi connectivity index (χ1n) is 6.92. The Morgan fingerprint density at radius 3 is 2.95 bits per heavy atom. The maximum atomic E-state index is 12.3. The average Bonchev–Trinajstić information content (AvgIpc) is 2.79. The van der Waals surface area contributed by atoms with Crippen LogP contribution < -0.4 is 0 Å². The maximum absolute atomic E-state index is 12.3. The number of unbranched alkanes of at least 4 members (excludes halogenated alkanes) is 1. The second-order valence-electron chi connectivity index (χ2n) is 4.94. The molecule has 2 heterocycles. The van der Waals surface area contributed by atoms with E-state index in [9.17, 15) is 4.79 Å². The molecular weight excluding hydrogens is 244 g/mol. The van der Waals surface area contributed by atoms with E-state index in [1.165, 1.54) is 0 Å². The van der Waals surface area contributed by atoms with E-state index in [-0.39, 0.29) is 12.0 Å². The van der Waals surface area contributed by atoms with Crippen LogP contribution in [-0.4, -0.2) is 44.8 Å². The lowest BCUT2D eigenvalue weighted by atomic mass is 10.2. The van der Waals surface area contributed by atoms with Crippen LogP contribution in [0.3, 0.4) is 0 Å². The summed E-state index contributed by atoms with van der Waals surface area (Å²) in [7, 11) is 0. The molecule has 1 aromatic heterocycles. The lowest BCUT2D eigenvalue weighted by Gasteiger charge is -2.29. The lowest BCUT2D eigenvalue weighted by molar-refractivity contribution is -0.144. The van der Waals surface area contributed by atoms with Gasteiger partial charge in [0.1, 0.15) is 11.9 Å². The molecule has 19 heavy (non-hydrogen) atoms. The molecule has 0 bridgehead atoms. The Balaban J connectivity index is 1.91. The normalized spacial score (nSPS) is 16.3. The monoisotopic (exact) mass is 266 g/mol. The largest absolute Gasteiger partial charge is 0.369 e. The van der Waals surface area contributed by atoms with Gasteiger partial charge in [0.05, 0.1) is 6.54 Å². The van der Waals surface area contributed by atoms with Crippen LogP contribution in [0.25, 0.3) is 0 Å². The van der Waals surface area contributed by atoms with Gasteiger partial charge >= 0.3 is 0 Å². The molecular formula is C13H22N4O2. The second kappa shape index (κ2) is 6.14. The van der Waals surface area contributed by atoms with E-state index in [0.717, 1.165) is 31.0 Å². The van der Waals surface area contributed by atoms with Crippen LogP contribution in [0.2, 0.25) is 0 Å². The zero-order valence-electron chi connectivity index (χ0n) is 11.9. The Labute approximate surface area is 113 Å². The van der Waals surface area contributed by atoms with E-state index in [0.29, 0.717) is 19.7 Å². The Hall–Kier alpha value is -1.43. The third-order valence-electron chi connectivity index (χ3n) is 3.46. The predicted octanol–water partition coefficient (Wildman–Crippen LogP) is 1.13. The fourth-order valence-corrected chi connectivity index (χ4v) is 2.22. The van der Waals surface area contributed by atoms with E-state index < -0.39 is 0 Å². The molecule has 0 saturated carbocycles. The predicted molar refractivity (Wildman–Crippen MR) is 70.5 cm³/mol. The maximum Gasteiger partial charge on any atom is 0.251 e. The second-order valence-corrected chi connectivity index (χ2v) is 4.94. The van der Waals surface area contributed by atoms with Gasteiger partial charge in [0.2, 0.25) is 0 Å². The Morgan fingerprint density at radius 1 is 1.42 bits per heavy atom. The molecule has 1 aromatic rings. The average molecular weight is 266 g/mol. The topological polar surface area (TPSA) is 60.2 Å². The third kappa shape index (κ3) is 3.12. The van der Waals surface area contributed by atoms with Crippen LogP contribution in [0.1, 0.15) is 38.3 Å². The van der Waals surface area contributed by atoms with Crippen molar-refractivity contribution >= 4 is 5.91 Å². The van der Waals surface area contributed by atoms with Gasteiger partial charge in [-0.2, -0.15) is 0 Å². The number of aromatic nitrogens is 3. The summed E-state index contributed by atoms with van der Waals surface area (Å²) in [5.74, 6) is 1.82. The van der Waals surface area contributed by atoms with Gasteiger partial charge in [0, 0.05) is 19.7 Å². The molecule has 0 aliphatic carbocycles. The minimum Gasteiger partial charge on any atom is -0.369 e. The zero-order chi connectivity index (χ0) is 13.8. The molecule has 2 rings (SSSR count). The molecule has 1 atom stereocenters. The molecule has 1 amide bonds. The molecule has 0 radical (unpaired) electrons. The summed E-state index contributed by atoms with van der Waals surface area (Å²) in [6.45, 7) is 8.50. The molecule has 1 aliphatic heterocycles. The zero-order valence-corrected chi connectivity index (χ0v) is 11.9. The number of hydrogen-bond acceptors (Lipinski definition) is 4. The minimum atomic E-state index is -0.373. The summed E-state index contributed by atoms with van der Waals surface area (Å²) in [4.78, 5) is 14.1. The van der Waals surface area contributed by atoms with Crippen LogP contribution in [-0.2, 0) is 22.6 Å². The molecule has 0 fully saturated rings. The number of aryl methyl sites for hydroxylation is 1. The first kappa shape index (κ1) is 14.0. The molecule has 6 heteroatoms. The number of ether oxygens (including phenoxy) is 1. The van der Waals surface area contributed by atoms with E-state index >= 15 is 0 Å². The van der Waals surface area contributed by atoms with Gasteiger partial charge in [-0.1, -0.05) is 13.3 Å². The standard InChI is InChI=1S/C13H22N4O2/c1-4-5-8-19-10(2)13(18)16-6-7-17-11(3)14-15-12(17)9-16/h10H,4-9H2,1-3H3/t10-/m1/s1. The van der Waals surface area contributed by atoms with Gasteiger partial charge in [-0.05, 0) is 20.3 Å².